The first-order valence-corrected chi connectivity index (χ1v) is 5.53. The Balaban J connectivity index is 2.56. The maximum atomic E-state index is 13.4. The Morgan fingerprint density at radius 1 is 1.44 bits per heavy atom. The summed E-state index contributed by atoms with van der Waals surface area (Å²) in [5.74, 6) is -0.282. The van der Waals surface area contributed by atoms with Crippen molar-refractivity contribution in [3.05, 3.63) is 34.6 Å². The minimum Gasteiger partial charge on any atom is -0.377 e. The van der Waals surface area contributed by atoms with E-state index in [0.717, 1.165) is 0 Å². The van der Waals surface area contributed by atoms with Gasteiger partial charge in [-0.1, -0.05) is 17.7 Å². The zero-order valence-corrected chi connectivity index (χ0v) is 10.6. The molecule has 0 radical (unpaired) electrons. The number of methoxy groups -OCH3 is 1. The third kappa shape index (κ3) is 3.74. The van der Waals surface area contributed by atoms with Crippen LogP contribution >= 0.6 is 11.6 Å². The molecule has 1 aromatic rings. The van der Waals surface area contributed by atoms with Crippen LogP contribution in [-0.2, 0) is 11.3 Å². The summed E-state index contributed by atoms with van der Waals surface area (Å²) in [4.78, 5) is 0. The van der Waals surface area contributed by atoms with Crippen molar-refractivity contribution in [1.82, 2.24) is 5.32 Å². The van der Waals surface area contributed by atoms with Crippen molar-refractivity contribution in [2.24, 2.45) is 0 Å². The number of rotatable bonds is 5. The quantitative estimate of drug-likeness (QED) is 0.861. The molecule has 1 aromatic carbocycles. The minimum absolute atomic E-state index is 0.266. The summed E-state index contributed by atoms with van der Waals surface area (Å²) in [6.45, 7) is 4.96. The van der Waals surface area contributed by atoms with Gasteiger partial charge in [-0.05, 0) is 26.0 Å². The van der Waals surface area contributed by atoms with E-state index in [2.05, 4.69) is 5.32 Å². The zero-order chi connectivity index (χ0) is 12.2. The molecule has 0 aliphatic heterocycles. The highest BCUT2D eigenvalue weighted by atomic mass is 35.5. The predicted octanol–water partition coefficient (Wildman–Crippen LogP) is 2.99. The van der Waals surface area contributed by atoms with Crippen molar-refractivity contribution < 1.29 is 9.13 Å². The van der Waals surface area contributed by atoms with Gasteiger partial charge in [0.2, 0.25) is 0 Å². The van der Waals surface area contributed by atoms with Gasteiger partial charge >= 0.3 is 0 Å². The lowest BCUT2D eigenvalue weighted by Gasteiger charge is -2.23. The number of hydrogen-bond donors (Lipinski definition) is 1. The van der Waals surface area contributed by atoms with E-state index in [1.54, 1.807) is 19.2 Å². The topological polar surface area (TPSA) is 21.3 Å². The Morgan fingerprint density at radius 2 is 2.12 bits per heavy atom. The smallest absolute Gasteiger partial charge is 0.129 e. The van der Waals surface area contributed by atoms with E-state index in [1.807, 2.05) is 13.8 Å². The van der Waals surface area contributed by atoms with E-state index in [4.69, 9.17) is 16.3 Å². The molecular formula is C12H17ClFNO. The molecule has 16 heavy (non-hydrogen) atoms. The number of benzene rings is 1. The van der Waals surface area contributed by atoms with Crippen LogP contribution in [0.15, 0.2) is 18.2 Å². The van der Waals surface area contributed by atoms with Gasteiger partial charge in [-0.15, -0.1) is 0 Å². The first-order valence-electron chi connectivity index (χ1n) is 5.15. The molecule has 0 heterocycles. The number of nitrogens with one attached hydrogen (secondary N) is 1. The minimum atomic E-state index is -0.282. The summed E-state index contributed by atoms with van der Waals surface area (Å²) >= 11 is 5.90. The SMILES string of the molecule is COC(C)(C)CNCc1c(F)cccc1Cl. The van der Waals surface area contributed by atoms with Gasteiger partial charge in [0.15, 0.2) is 0 Å². The fraction of sp³-hybridized carbons (Fsp3) is 0.500. The molecule has 4 heteroatoms. The number of ether oxygens (including phenoxy) is 1. The Hall–Kier alpha value is -0.640. The zero-order valence-electron chi connectivity index (χ0n) is 9.81. The molecule has 0 saturated heterocycles. The lowest BCUT2D eigenvalue weighted by Crippen LogP contribution is -2.36. The number of halogens is 2. The highest BCUT2D eigenvalue weighted by molar-refractivity contribution is 6.31. The molecule has 1 N–H and O–H groups in total. The van der Waals surface area contributed by atoms with Crippen molar-refractivity contribution in [3.63, 3.8) is 0 Å². The van der Waals surface area contributed by atoms with E-state index in [-0.39, 0.29) is 11.4 Å². The second-order valence-electron chi connectivity index (χ2n) is 4.27. The average molecular weight is 246 g/mol. The maximum absolute atomic E-state index is 13.4. The fourth-order valence-electron chi connectivity index (χ4n) is 1.26. The first kappa shape index (κ1) is 13.4. The lowest BCUT2D eigenvalue weighted by atomic mass is 10.1. The molecule has 0 atom stereocenters. The summed E-state index contributed by atoms with van der Waals surface area (Å²) in [5.41, 5.74) is 0.230. The predicted molar refractivity (Wildman–Crippen MR) is 64.2 cm³/mol. The molecule has 2 nitrogen and oxygen atoms in total. The monoisotopic (exact) mass is 245 g/mol. The van der Waals surface area contributed by atoms with Gasteiger partial charge in [0, 0.05) is 30.8 Å². The van der Waals surface area contributed by atoms with Crippen LogP contribution in [0.5, 0.6) is 0 Å². The largest absolute Gasteiger partial charge is 0.377 e. The van der Waals surface area contributed by atoms with Crippen LogP contribution in [0.1, 0.15) is 19.4 Å². The second-order valence-corrected chi connectivity index (χ2v) is 4.67. The van der Waals surface area contributed by atoms with Crippen LogP contribution in [0.4, 0.5) is 4.39 Å². The van der Waals surface area contributed by atoms with Crippen LogP contribution in [0.2, 0.25) is 5.02 Å². The first-order chi connectivity index (χ1) is 7.46. The molecule has 0 bridgehead atoms. The third-order valence-corrected chi connectivity index (χ3v) is 2.82. The van der Waals surface area contributed by atoms with Crippen molar-refractivity contribution >= 4 is 11.6 Å². The maximum Gasteiger partial charge on any atom is 0.129 e. The summed E-state index contributed by atoms with van der Waals surface area (Å²) in [5, 5.41) is 3.57. The molecule has 90 valence electrons. The molecule has 0 aliphatic carbocycles. The summed E-state index contributed by atoms with van der Waals surface area (Å²) in [7, 11) is 1.65. The van der Waals surface area contributed by atoms with E-state index < -0.39 is 0 Å². The standard InChI is InChI=1S/C12H17ClFNO/c1-12(2,16-3)8-15-7-9-10(13)5-4-6-11(9)14/h4-6,15H,7-8H2,1-3H3. The van der Waals surface area contributed by atoms with Crippen molar-refractivity contribution in [1.29, 1.82) is 0 Å². The van der Waals surface area contributed by atoms with Crippen LogP contribution in [-0.4, -0.2) is 19.3 Å². The van der Waals surface area contributed by atoms with Crippen LogP contribution < -0.4 is 5.32 Å². The second kappa shape index (κ2) is 5.62. The summed E-state index contributed by atoms with van der Waals surface area (Å²) in [6, 6.07) is 4.69. The van der Waals surface area contributed by atoms with Crippen LogP contribution in [0.3, 0.4) is 0 Å². The van der Waals surface area contributed by atoms with Gasteiger partial charge in [0.1, 0.15) is 5.82 Å². The molecule has 0 saturated carbocycles. The Kier molecular flexibility index (Phi) is 4.71. The molecule has 0 unspecified atom stereocenters. The normalized spacial score (nSPS) is 11.8. The van der Waals surface area contributed by atoms with Crippen molar-refractivity contribution in [2.75, 3.05) is 13.7 Å². The lowest BCUT2D eigenvalue weighted by molar-refractivity contribution is 0.0230. The molecule has 0 aromatic heterocycles. The van der Waals surface area contributed by atoms with Gasteiger partial charge in [-0.2, -0.15) is 0 Å². The summed E-state index contributed by atoms with van der Waals surface area (Å²) in [6.07, 6.45) is 0. The molecule has 0 amide bonds. The Bertz CT molecular complexity index is 335. The van der Waals surface area contributed by atoms with E-state index in [9.17, 15) is 4.39 Å². The van der Waals surface area contributed by atoms with Gasteiger partial charge in [-0.3, -0.25) is 0 Å². The van der Waals surface area contributed by atoms with E-state index in [0.29, 0.717) is 23.7 Å². The highest BCUT2D eigenvalue weighted by Gasteiger charge is 2.16. The average Bonchev–Trinajstić information content (AvgIpc) is 2.22. The van der Waals surface area contributed by atoms with Crippen LogP contribution in [0.25, 0.3) is 0 Å². The van der Waals surface area contributed by atoms with Crippen molar-refractivity contribution in [3.8, 4) is 0 Å². The van der Waals surface area contributed by atoms with Gasteiger partial charge < -0.3 is 10.1 Å². The Labute approximate surface area is 101 Å². The molecule has 0 spiro atoms. The summed E-state index contributed by atoms with van der Waals surface area (Å²) < 4.78 is 18.6. The highest BCUT2D eigenvalue weighted by Crippen LogP contribution is 2.18. The Morgan fingerprint density at radius 3 is 2.69 bits per heavy atom. The van der Waals surface area contributed by atoms with Crippen LogP contribution in [0, 0.1) is 5.82 Å². The molecule has 0 aliphatic rings. The van der Waals surface area contributed by atoms with Gasteiger partial charge in [0.25, 0.3) is 0 Å². The van der Waals surface area contributed by atoms with Crippen molar-refractivity contribution in [2.45, 2.75) is 26.0 Å². The molecular weight excluding hydrogens is 229 g/mol. The molecule has 0 fully saturated rings. The van der Waals surface area contributed by atoms with E-state index >= 15 is 0 Å². The van der Waals surface area contributed by atoms with Gasteiger partial charge in [0.05, 0.1) is 5.60 Å². The van der Waals surface area contributed by atoms with Gasteiger partial charge in [-0.25, -0.2) is 4.39 Å². The van der Waals surface area contributed by atoms with E-state index in [1.165, 1.54) is 6.07 Å². The molecule has 1 rings (SSSR count). The fourth-order valence-corrected chi connectivity index (χ4v) is 1.49. The third-order valence-electron chi connectivity index (χ3n) is 2.47. The number of hydrogen-bond acceptors (Lipinski definition) is 2.